The lowest BCUT2D eigenvalue weighted by Gasteiger charge is -1.99. The van der Waals surface area contributed by atoms with Crippen molar-refractivity contribution in [2.45, 2.75) is 6.92 Å². The van der Waals surface area contributed by atoms with Crippen molar-refractivity contribution in [1.29, 1.82) is 0 Å². The molecule has 5 heteroatoms. The molecule has 0 aliphatic rings. The lowest BCUT2D eigenvalue weighted by atomic mass is 10.1. The predicted octanol–water partition coefficient (Wildman–Crippen LogP) is 3.42. The van der Waals surface area contributed by atoms with Crippen molar-refractivity contribution < 1.29 is 4.39 Å². The first kappa shape index (κ1) is 9.73. The normalized spacial score (nSPS) is 10.5. The van der Waals surface area contributed by atoms with E-state index in [1.807, 2.05) is 6.92 Å². The number of aromatic nitrogens is 2. The molecule has 0 saturated heterocycles. The average molecular weight is 273 g/mol. The van der Waals surface area contributed by atoms with Crippen LogP contribution in [0.15, 0.2) is 22.9 Å². The molecule has 0 aliphatic heterocycles. The standard InChI is InChI=1S/C9H6BrFN2S/c1-5-2-3-7(11)6(4-5)8-12-9(10)13-14-8/h2-4H,1H3. The van der Waals surface area contributed by atoms with Crippen molar-refractivity contribution in [2.75, 3.05) is 0 Å². The van der Waals surface area contributed by atoms with E-state index in [0.717, 1.165) is 5.56 Å². The Bertz CT molecular complexity index is 470. The van der Waals surface area contributed by atoms with Gasteiger partial charge in [-0.15, -0.1) is 0 Å². The molecule has 0 spiro atoms. The van der Waals surface area contributed by atoms with Gasteiger partial charge in [-0.2, -0.15) is 4.37 Å². The Morgan fingerprint density at radius 3 is 2.86 bits per heavy atom. The van der Waals surface area contributed by atoms with Crippen LogP contribution in [0.1, 0.15) is 5.56 Å². The first-order valence-electron chi connectivity index (χ1n) is 3.92. The summed E-state index contributed by atoms with van der Waals surface area (Å²) in [7, 11) is 0. The number of aryl methyl sites for hydroxylation is 1. The Kier molecular flexibility index (Phi) is 2.60. The third kappa shape index (κ3) is 1.83. The SMILES string of the molecule is Cc1ccc(F)c(-c2nc(Br)ns2)c1. The lowest BCUT2D eigenvalue weighted by molar-refractivity contribution is 0.631. The van der Waals surface area contributed by atoms with Gasteiger partial charge in [-0.05, 0) is 46.5 Å². The summed E-state index contributed by atoms with van der Waals surface area (Å²) in [5, 5.41) is 0.595. The Morgan fingerprint density at radius 2 is 2.21 bits per heavy atom. The van der Waals surface area contributed by atoms with E-state index in [1.54, 1.807) is 12.1 Å². The summed E-state index contributed by atoms with van der Waals surface area (Å²) in [6, 6.07) is 4.94. The van der Waals surface area contributed by atoms with Gasteiger partial charge in [0.1, 0.15) is 10.8 Å². The molecule has 0 N–H and O–H groups in total. The summed E-state index contributed by atoms with van der Waals surface area (Å²) >= 11 is 4.32. The monoisotopic (exact) mass is 272 g/mol. The summed E-state index contributed by atoms with van der Waals surface area (Å²) in [5.74, 6) is -0.265. The highest BCUT2D eigenvalue weighted by Crippen LogP contribution is 2.26. The van der Waals surface area contributed by atoms with E-state index in [2.05, 4.69) is 25.3 Å². The van der Waals surface area contributed by atoms with Crippen LogP contribution in [0, 0.1) is 12.7 Å². The largest absolute Gasteiger partial charge is 0.209 e. The molecular weight excluding hydrogens is 267 g/mol. The highest BCUT2D eigenvalue weighted by atomic mass is 79.9. The summed E-state index contributed by atoms with van der Waals surface area (Å²) < 4.78 is 17.8. The molecule has 0 fully saturated rings. The second kappa shape index (κ2) is 3.74. The summed E-state index contributed by atoms with van der Waals surface area (Å²) in [5.41, 5.74) is 1.51. The number of benzene rings is 1. The number of hydrogen-bond donors (Lipinski definition) is 0. The zero-order chi connectivity index (χ0) is 10.1. The van der Waals surface area contributed by atoms with Gasteiger partial charge in [0, 0.05) is 5.56 Å². The van der Waals surface area contributed by atoms with Gasteiger partial charge in [-0.1, -0.05) is 11.6 Å². The minimum Gasteiger partial charge on any atom is -0.209 e. The van der Waals surface area contributed by atoms with Gasteiger partial charge in [-0.3, -0.25) is 0 Å². The third-order valence-corrected chi connectivity index (χ3v) is 3.09. The zero-order valence-electron chi connectivity index (χ0n) is 7.29. The van der Waals surface area contributed by atoms with E-state index < -0.39 is 0 Å². The number of nitrogens with zero attached hydrogens (tertiary/aromatic N) is 2. The van der Waals surface area contributed by atoms with E-state index in [0.29, 0.717) is 15.3 Å². The maximum Gasteiger partial charge on any atom is 0.209 e. The molecule has 72 valence electrons. The minimum atomic E-state index is -0.265. The maximum atomic E-state index is 13.4. The molecule has 2 rings (SSSR count). The molecule has 1 aromatic heterocycles. The van der Waals surface area contributed by atoms with Crippen LogP contribution in [-0.2, 0) is 0 Å². The summed E-state index contributed by atoms with van der Waals surface area (Å²) in [6.45, 7) is 1.92. The van der Waals surface area contributed by atoms with Crippen LogP contribution >= 0.6 is 27.5 Å². The van der Waals surface area contributed by atoms with Gasteiger partial charge in [0.2, 0.25) is 4.73 Å². The predicted molar refractivity (Wildman–Crippen MR) is 57.7 cm³/mol. The fourth-order valence-corrected chi connectivity index (χ4v) is 2.21. The van der Waals surface area contributed by atoms with Crippen molar-refractivity contribution in [2.24, 2.45) is 0 Å². The van der Waals surface area contributed by atoms with Crippen LogP contribution in [0.3, 0.4) is 0 Å². The van der Waals surface area contributed by atoms with Crippen molar-refractivity contribution in [3.63, 3.8) is 0 Å². The third-order valence-electron chi connectivity index (χ3n) is 1.75. The van der Waals surface area contributed by atoms with Crippen molar-refractivity contribution >= 4 is 27.5 Å². The first-order chi connectivity index (χ1) is 6.66. The highest BCUT2D eigenvalue weighted by molar-refractivity contribution is 9.10. The van der Waals surface area contributed by atoms with Crippen molar-refractivity contribution in [1.82, 2.24) is 9.36 Å². The Hall–Kier alpha value is -0.810. The summed E-state index contributed by atoms with van der Waals surface area (Å²) in [4.78, 5) is 4.07. The molecule has 0 aliphatic carbocycles. The van der Waals surface area contributed by atoms with Crippen LogP contribution in [-0.4, -0.2) is 9.36 Å². The molecular formula is C9H6BrFN2S. The van der Waals surface area contributed by atoms with E-state index >= 15 is 0 Å². The quantitative estimate of drug-likeness (QED) is 0.795. The second-order valence-electron chi connectivity index (χ2n) is 2.85. The molecule has 0 bridgehead atoms. The van der Waals surface area contributed by atoms with Crippen LogP contribution in [0.4, 0.5) is 4.39 Å². The highest BCUT2D eigenvalue weighted by Gasteiger charge is 2.09. The Labute approximate surface area is 93.1 Å². The molecule has 2 aromatic rings. The Morgan fingerprint density at radius 1 is 1.43 bits per heavy atom. The molecule has 14 heavy (non-hydrogen) atoms. The Balaban J connectivity index is 2.55. The lowest BCUT2D eigenvalue weighted by Crippen LogP contribution is -1.84. The van der Waals surface area contributed by atoms with Gasteiger partial charge in [0.15, 0.2) is 0 Å². The fraction of sp³-hybridized carbons (Fsp3) is 0.111. The smallest absolute Gasteiger partial charge is 0.209 e. The maximum absolute atomic E-state index is 13.4. The van der Waals surface area contributed by atoms with Crippen LogP contribution < -0.4 is 0 Å². The molecule has 0 unspecified atom stereocenters. The first-order valence-corrected chi connectivity index (χ1v) is 5.49. The minimum absolute atomic E-state index is 0.265. The topological polar surface area (TPSA) is 25.8 Å². The van der Waals surface area contributed by atoms with Crippen LogP contribution in [0.5, 0.6) is 0 Å². The molecule has 0 radical (unpaired) electrons. The van der Waals surface area contributed by atoms with Gasteiger partial charge >= 0.3 is 0 Å². The molecule has 0 saturated carbocycles. The van der Waals surface area contributed by atoms with E-state index in [-0.39, 0.29) is 5.82 Å². The van der Waals surface area contributed by atoms with Gasteiger partial charge in [0.25, 0.3) is 0 Å². The van der Waals surface area contributed by atoms with E-state index in [9.17, 15) is 4.39 Å². The fourth-order valence-electron chi connectivity index (χ4n) is 1.12. The summed E-state index contributed by atoms with van der Waals surface area (Å²) in [6.07, 6.45) is 0. The number of rotatable bonds is 1. The van der Waals surface area contributed by atoms with Gasteiger partial charge < -0.3 is 0 Å². The average Bonchev–Trinajstić information content (AvgIpc) is 2.56. The van der Waals surface area contributed by atoms with Crippen LogP contribution in [0.25, 0.3) is 10.6 Å². The zero-order valence-corrected chi connectivity index (χ0v) is 9.69. The van der Waals surface area contributed by atoms with E-state index in [1.165, 1.54) is 17.6 Å². The molecule has 0 amide bonds. The molecule has 1 aromatic carbocycles. The molecule has 1 heterocycles. The molecule has 0 atom stereocenters. The van der Waals surface area contributed by atoms with Gasteiger partial charge in [-0.25, -0.2) is 9.37 Å². The number of hydrogen-bond acceptors (Lipinski definition) is 3. The van der Waals surface area contributed by atoms with Crippen molar-refractivity contribution in [3.05, 3.63) is 34.3 Å². The second-order valence-corrected chi connectivity index (χ2v) is 4.31. The van der Waals surface area contributed by atoms with E-state index in [4.69, 9.17) is 0 Å². The van der Waals surface area contributed by atoms with Crippen molar-refractivity contribution in [3.8, 4) is 10.6 Å². The van der Waals surface area contributed by atoms with Crippen LogP contribution in [0.2, 0.25) is 0 Å². The van der Waals surface area contributed by atoms with Gasteiger partial charge in [0.05, 0.1) is 0 Å². The number of halogens is 2. The molecule has 2 nitrogen and oxygen atoms in total.